The molecule has 0 aliphatic carbocycles. The van der Waals surface area contributed by atoms with Crippen molar-refractivity contribution >= 4 is 27.3 Å². The van der Waals surface area contributed by atoms with Crippen molar-refractivity contribution in [1.82, 2.24) is 19.8 Å². The van der Waals surface area contributed by atoms with Gasteiger partial charge >= 0.3 is 0 Å². The van der Waals surface area contributed by atoms with Crippen LogP contribution in [0.1, 0.15) is 10.4 Å². The lowest BCUT2D eigenvalue weighted by Crippen LogP contribution is -2.11. The van der Waals surface area contributed by atoms with Crippen molar-refractivity contribution in [3.05, 3.63) is 36.2 Å². The first-order valence-electron chi connectivity index (χ1n) is 5.38. The molecule has 2 aromatic heterocycles. The van der Waals surface area contributed by atoms with Gasteiger partial charge in [0.1, 0.15) is 12.1 Å². The van der Waals surface area contributed by atoms with Gasteiger partial charge in [-0.2, -0.15) is 4.52 Å². The number of carbonyl (C=O) groups is 1. The average molecular weight is 275 g/mol. The van der Waals surface area contributed by atoms with Gasteiger partial charge in [0.25, 0.3) is 5.91 Å². The summed E-state index contributed by atoms with van der Waals surface area (Å²) in [5, 5.41) is 14.8. The molecule has 0 atom stereocenters. The normalized spacial score (nSPS) is 10.6. The molecule has 0 bridgehead atoms. The van der Waals surface area contributed by atoms with Crippen molar-refractivity contribution in [2.75, 3.05) is 12.4 Å². The van der Waals surface area contributed by atoms with Gasteiger partial charge in [0.15, 0.2) is 0 Å². The lowest BCUT2D eigenvalue weighted by molar-refractivity contribution is 0.102. The fourth-order valence-corrected chi connectivity index (χ4v) is 2.26. The Labute approximate surface area is 111 Å². The number of aromatic nitrogens is 4. The van der Waals surface area contributed by atoms with Crippen LogP contribution in [0.2, 0.25) is 0 Å². The number of methoxy groups -OCH3 is 1. The van der Waals surface area contributed by atoms with E-state index in [2.05, 4.69) is 20.6 Å². The minimum atomic E-state index is -0.246. The maximum absolute atomic E-state index is 12.0. The van der Waals surface area contributed by atoms with Crippen molar-refractivity contribution in [2.24, 2.45) is 0 Å². The number of carbonyl (C=O) groups excluding carboxylic acids is 1. The lowest BCUT2D eigenvalue weighted by Gasteiger charge is -2.03. The molecule has 19 heavy (non-hydrogen) atoms. The molecule has 8 heteroatoms. The summed E-state index contributed by atoms with van der Waals surface area (Å²) in [5.74, 6) is 0.384. The van der Waals surface area contributed by atoms with Gasteiger partial charge in [-0.05, 0) is 18.2 Å². The highest BCUT2D eigenvalue weighted by Crippen LogP contribution is 2.19. The van der Waals surface area contributed by atoms with Gasteiger partial charge in [0, 0.05) is 5.56 Å². The van der Waals surface area contributed by atoms with Gasteiger partial charge in [-0.1, -0.05) is 17.4 Å². The van der Waals surface area contributed by atoms with Crippen molar-refractivity contribution in [3.8, 4) is 5.75 Å². The molecule has 0 fully saturated rings. The number of nitrogens with zero attached hydrogens (tertiary/aromatic N) is 4. The molecule has 96 valence electrons. The Hall–Kier alpha value is -2.48. The molecule has 2 heterocycles. The van der Waals surface area contributed by atoms with Crippen LogP contribution < -0.4 is 10.1 Å². The minimum Gasteiger partial charge on any atom is -0.497 e. The molecule has 0 spiro atoms. The van der Waals surface area contributed by atoms with E-state index in [0.29, 0.717) is 21.4 Å². The van der Waals surface area contributed by atoms with Crippen molar-refractivity contribution in [3.63, 3.8) is 0 Å². The van der Waals surface area contributed by atoms with E-state index in [9.17, 15) is 4.79 Å². The van der Waals surface area contributed by atoms with E-state index in [-0.39, 0.29) is 5.91 Å². The first-order valence-corrected chi connectivity index (χ1v) is 6.20. The Bertz CT molecular complexity index is 707. The summed E-state index contributed by atoms with van der Waals surface area (Å²) in [6, 6.07) is 6.90. The third kappa shape index (κ3) is 2.25. The van der Waals surface area contributed by atoms with Crippen LogP contribution in [0.25, 0.3) is 4.96 Å². The Kier molecular flexibility index (Phi) is 2.84. The Morgan fingerprint density at radius 1 is 1.47 bits per heavy atom. The molecule has 1 aromatic carbocycles. The molecule has 0 radical (unpaired) electrons. The van der Waals surface area contributed by atoms with Gasteiger partial charge in [-0.15, -0.1) is 15.3 Å². The molecule has 3 aromatic rings. The second-order valence-corrected chi connectivity index (χ2v) is 4.61. The largest absolute Gasteiger partial charge is 0.497 e. The number of fused-ring (bicyclic) bond motifs is 1. The van der Waals surface area contributed by atoms with Crippen LogP contribution >= 0.6 is 11.3 Å². The number of rotatable bonds is 3. The van der Waals surface area contributed by atoms with Crippen LogP contribution in [0.15, 0.2) is 30.6 Å². The monoisotopic (exact) mass is 275 g/mol. The number of anilines is 1. The molecule has 1 amide bonds. The highest BCUT2D eigenvalue weighted by molar-refractivity contribution is 7.20. The van der Waals surface area contributed by atoms with Crippen LogP contribution in [0, 0.1) is 0 Å². The molecule has 0 unspecified atom stereocenters. The van der Waals surface area contributed by atoms with E-state index in [1.165, 1.54) is 22.2 Å². The summed E-state index contributed by atoms with van der Waals surface area (Å²) in [6.07, 6.45) is 1.48. The summed E-state index contributed by atoms with van der Waals surface area (Å²) in [7, 11) is 1.56. The fourth-order valence-electron chi connectivity index (χ4n) is 1.54. The van der Waals surface area contributed by atoms with E-state index < -0.39 is 0 Å². The van der Waals surface area contributed by atoms with Gasteiger partial charge in [0.05, 0.1) is 7.11 Å². The molecule has 0 aliphatic heterocycles. The first kappa shape index (κ1) is 11.6. The second kappa shape index (κ2) is 4.65. The number of amides is 1. The molecule has 0 aliphatic rings. The quantitative estimate of drug-likeness (QED) is 0.782. The number of benzene rings is 1. The van der Waals surface area contributed by atoms with Crippen molar-refractivity contribution in [2.45, 2.75) is 0 Å². The number of hydrogen-bond donors (Lipinski definition) is 1. The fraction of sp³-hybridized carbons (Fsp3) is 0.0909. The molecule has 0 saturated carbocycles. The predicted molar refractivity (Wildman–Crippen MR) is 69.6 cm³/mol. The zero-order chi connectivity index (χ0) is 13.2. The maximum Gasteiger partial charge on any atom is 0.257 e. The predicted octanol–water partition coefficient (Wildman–Crippen LogP) is 1.45. The Balaban J connectivity index is 1.82. The number of hydrogen-bond acceptors (Lipinski definition) is 6. The zero-order valence-corrected chi connectivity index (χ0v) is 10.7. The van der Waals surface area contributed by atoms with Crippen LogP contribution in [0.4, 0.5) is 5.13 Å². The van der Waals surface area contributed by atoms with Crippen LogP contribution in [-0.2, 0) is 0 Å². The van der Waals surface area contributed by atoms with Crippen molar-refractivity contribution in [1.29, 1.82) is 0 Å². The number of nitrogens with one attached hydrogen (secondary N) is 1. The summed E-state index contributed by atoms with van der Waals surface area (Å²) in [6.45, 7) is 0. The van der Waals surface area contributed by atoms with E-state index in [1.807, 2.05) is 0 Å². The SMILES string of the molecule is COc1cccc(C(=O)Nc2nn3cnnc3s2)c1. The van der Waals surface area contributed by atoms with Crippen molar-refractivity contribution < 1.29 is 9.53 Å². The van der Waals surface area contributed by atoms with E-state index in [1.54, 1.807) is 31.4 Å². The molecular formula is C11H9N5O2S. The van der Waals surface area contributed by atoms with Gasteiger partial charge in [-0.3, -0.25) is 10.1 Å². The second-order valence-electron chi connectivity index (χ2n) is 3.65. The third-order valence-corrected chi connectivity index (χ3v) is 3.27. The first-order chi connectivity index (χ1) is 9.26. The summed E-state index contributed by atoms with van der Waals surface area (Å²) in [5.41, 5.74) is 0.505. The highest BCUT2D eigenvalue weighted by atomic mass is 32.1. The zero-order valence-electron chi connectivity index (χ0n) is 9.90. The molecule has 0 saturated heterocycles. The summed E-state index contributed by atoms with van der Waals surface area (Å²) < 4.78 is 6.58. The highest BCUT2D eigenvalue weighted by Gasteiger charge is 2.11. The number of ether oxygens (including phenoxy) is 1. The lowest BCUT2D eigenvalue weighted by atomic mass is 10.2. The standard InChI is InChI=1S/C11H9N5O2S/c1-18-8-4-2-3-7(5-8)9(17)13-10-15-16-6-12-14-11(16)19-10/h2-6H,1H3,(H,13,15,17). The molecule has 1 N–H and O–H groups in total. The molecule has 3 rings (SSSR count). The summed E-state index contributed by atoms with van der Waals surface area (Å²) in [4.78, 5) is 12.7. The molecular weight excluding hydrogens is 266 g/mol. The van der Waals surface area contributed by atoms with Gasteiger partial charge in [0.2, 0.25) is 10.1 Å². The van der Waals surface area contributed by atoms with E-state index >= 15 is 0 Å². The van der Waals surface area contributed by atoms with E-state index in [0.717, 1.165) is 0 Å². The summed E-state index contributed by atoms with van der Waals surface area (Å²) >= 11 is 1.25. The molecule has 7 nitrogen and oxygen atoms in total. The van der Waals surface area contributed by atoms with E-state index in [4.69, 9.17) is 4.74 Å². The van der Waals surface area contributed by atoms with Crippen LogP contribution in [-0.4, -0.2) is 32.8 Å². The van der Waals surface area contributed by atoms with Crippen LogP contribution in [0.5, 0.6) is 5.75 Å². The minimum absolute atomic E-state index is 0.246. The maximum atomic E-state index is 12.0. The Morgan fingerprint density at radius 2 is 2.37 bits per heavy atom. The van der Waals surface area contributed by atoms with Gasteiger partial charge < -0.3 is 4.74 Å². The topological polar surface area (TPSA) is 81.4 Å². The average Bonchev–Trinajstić information content (AvgIpc) is 2.99. The van der Waals surface area contributed by atoms with Crippen LogP contribution in [0.3, 0.4) is 0 Å². The smallest absolute Gasteiger partial charge is 0.257 e. The Morgan fingerprint density at radius 3 is 3.16 bits per heavy atom. The third-order valence-electron chi connectivity index (χ3n) is 2.44. The van der Waals surface area contributed by atoms with Gasteiger partial charge in [-0.25, -0.2) is 0 Å².